The molecule has 29 heavy (non-hydrogen) atoms. The number of anilines is 2. The molecule has 10 heteroatoms. The van der Waals surface area contributed by atoms with Crippen LogP contribution in [0.4, 0.5) is 20.2 Å². The summed E-state index contributed by atoms with van der Waals surface area (Å²) in [5, 5.41) is 10.8. The van der Waals surface area contributed by atoms with Gasteiger partial charge in [0.15, 0.2) is 5.75 Å². The number of ether oxygens (including phenoxy) is 1. The zero-order valence-corrected chi connectivity index (χ0v) is 16.0. The minimum absolute atomic E-state index is 0.295. The van der Waals surface area contributed by atoms with E-state index < -0.39 is 6.43 Å². The molecule has 2 N–H and O–H groups in total. The minimum Gasteiger partial charge on any atom is -0.493 e. The first-order chi connectivity index (χ1) is 14.0. The van der Waals surface area contributed by atoms with Crippen LogP contribution in [0.25, 0.3) is 11.3 Å². The molecular weight excluding hydrogens is 404 g/mol. The highest BCUT2D eigenvalue weighted by Crippen LogP contribution is 2.39. The van der Waals surface area contributed by atoms with Crippen molar-refractivity contribution in [1.82, 2.24) is 20.1 Å². The van der Waals surface area contributed by atoms with Gasteiger partial charge in [-0.1, -0.05) is 17.7 Å². The highest BCUT2D eigenvalue weighted by atomic mass is 35.5. The Morgan fingerprint density at radius 1 is 1.34 bits per heavy atom. The van der Waals surface area contributed by atoms with Crippen LogP contribution in [-0.4, -0.2) is 34.3 Å². The van der Waals surface area contributed by atoms with E-state index in [1.807, 2.05) is 0 Å². The van der Waals surface area contributed by atoms with Crippen LogP contribution < -0.4 is 15.4 Å². The van der Waals surface area contributed by atoms with Gasteiger partial charge in [-0.2, -0.15) is 5.10 Å². The van der Waals surface area contributed by atoms with Crippen LogP contribution >= 0.6 is 11.6 Å². The second kappa shape index (κ2) is 7.67. The van der Waals surface area contributed by atoms with Crippen LogP contribution in [0.3, 0.4) is 0 Å². The standard InChI is InChI=1S/C19H16ClF2N5O2/c1-29-17-11(20)3-2-4-12(17)25-15-14(10-5-6-23-13(9-10)18(21)22)26-27-8-7-24-19(28)16(15)27/h2-6,9,18,25H,7-8H2,1H3,(H,24,28). The number of alkyl halides is 2. The fourth-order valence-corrected chi connectivity index (χ4v) is 3.45. The summed E-state index contributed by atoms with van der Waals surface area (Å²) in [5.41, 5.74) is 1.57. The molecular formula is C19H16ClF2N5O2. The van der Waals surface area contributed by atoms with Crippen molar-refractivity contribution in [2.45, 2.75) is 13.0 Å². The first kappa shape index (κ1) is 19.1. The molecule has 0 radical (unpaired) electrons. The van der Waals surface area contributed by atoms with Crippen molar-refractivity contribution in [2.24, 2.45) is 0 Å². The van der Waals surface area contributed by atoms with Crippen LogP contribution in [0.15, 0.2) is 36.5 Å². The van der Waals surface area contributed by atoms with Gasteiger partial charge in [0.05, 0.1) is 30.1 Å². The summed E-state index contributed by atoms with van der Waals surface area (Å²) in [6.45, 7) is 0.876. The van der Waals surface area contributed by atoms with Gasteiger partial charge in [0.2, 0.25) is 0 Å². The molecule has 150 valence electrons. The maximum Gasteiger partial charge on any atom is 0.280 e. The van der Waals surface area contributed by atoms with E-state index in [1.54, 1.807) is 28.9 Å². The molecule has 0 spiro atoms. The molecule has 1 aromatic carbocycles. The summed E-state index contributed by atoms with van der Waals surface area (Å²) in [6.07, 6.45) is -1.43. The first-order valence-corrected chi connectivity index (χ1v) is 9.10. The molecule has 0 unspecified atom stereocenters. The van der Waals surface area contributed by atoms with Crippen LogP contribution in [0, 0.1) is 0 Å². The maximum absolute atomic E-state index is 13.1. The molecule has 1 aliphatic heterocycles. The molecule has 0 bridgehead atoms. The number of pyridine rings is 1. The largest absolute Gasteiger partial charge is 0.493 e. The number of rotatable bonds is 5. The number of halogens is 3. The fourth-order valence-electron chi connectivity index (χ4n) is 3.20. The summed E-state index contributed by atoms with van der Waals surface area (Å²) < 4.78 is 33.2. The molecule has 3 aromatic rings. The minimum atomic E-state index is -2.72. The van der Waals surface area contributed by atoms with Crippen LogP contribution in [0.2, 0.25) is 5.02 Å². The van der Waals surface area contributed by atoms with Gasteiger partial charge in [0.25, 0.3) is 12.3 Å². The number of amides is 1. The predicted octanol–water partition coefficient (Wildman–Crippen LogP) is 4.03. The average molecular weight is 420 g/mol. The molecule has 3 heterocycles. The number of aromatic nitrogens is 3. The molecule has 1 amide bonds. The van der Waals surface area contributed by atoms with Crippen molar-refractivity contribution in [3.8, 4) is 17.0 Å². The fraction of sp³-hybridized carbons (Fsp3) is 0.211. The molecule has 4 rings (SSSR count). The van der Waals surface area contributed by atoms with Crippen LogP contribution in [0.5, 0.6) is 5.75 Å². The number of hydrogen-bond acceptors (Lipinski definition) is 5. The van der Waals surface area contributed by atoms with Crippen molar-refractivity contribution in [1.29, 1.82) is 0 Å². The third-order valence-electron chi connectivity index (χ3n) is 4.49. The van der Waals surface area contributed by atoms with Crippen molar-refractivity contribution < 1.29 is 18.3 Å². The number of para-hydroxylation sites is 1. The maximum atomic E-state index is 13.1. The van der Waals surface area contributed by atoms with E-state index in [9.17, 15) is 13.6 Å². The normalized spacial score (nSPS) is 13.2. The third kappa shape index (κ3) is 3.49. The highest BCUT2D eigenvalue weighted by molar-refractivity contribution is 6.32. The summed E-state index contributed by atoms with van der Waals surface area (Å²) in [6, 6.07) is 7.96. The van der Waals surface area contributed by atoms with E-state index in [0.717, 1.165) is 0 Å². The second-order valence-electron chi connectivity index (χ2n) is 6.27. The van der Waals surface area contributed by atoms with Gasteiger partial charge in [-0.05, 0) is 24.3 Å². The Labute approximate surface area is 169 Å². The third-order valence-corrected chi connectivity index (χ3v) is 4.78. The first-order valence-electron chi connectivity index (χ1n) is 8.72. The molecule has 0 aliphatic carbocycles. The van der Waals surface area contributed by atoms with Gasteiger partial charge in [-0.3, -0.25) is 14.5 Å². The monoisotopic (exact) mass is 419 g/mol. The molecule has 2 aromatic heterocycles. The Kier molecular flexibility index (Phi) is 5.06. The van der Waals surface area contributed by atoms with E-state index in [-0.39, 0.29) is 11.6 Å². The Morgan fingerprint density at radius 3 is 2.93 bits per heavy atom. The number of nitrogens with one attached hydrogen (secondary N) is 2. The van der Waals surface area contributed by atoms with Gasteiger partial charge in [0.1, 0.15) is 17.1 Å². The quantitative estimate of drug-likeness (QED) is 0.652. The van der Waals surface area contributed by atoms with Gasteiger partial charge >= 0.3 is 0 Å². The number of fused-ring (bicyclic) bond motifs is 1. The lowest BCUT2D eigenvalue weighted by Crippen LogP contribution is -2.35. The molecule has 0 saturated heterocycles. The molecule has 7 nitrogen and oxygen atoms in total. The summed E-state index contributed by atoms with van der Waals surface area (Å²) in [5.74, 6) is 0.0703. The van der Waals surface area contributed by atoms with E-state index in [1.165, 1.54) is 19.4 Å². The lowest BCUT2D eigenvalue weighted by atomic mass is 10.1. The lowest BCUT2D eigenvalue weighted by Gasteiger charge is -2.17. The smallest absolute Gasteiger partial charge is 0.280 e. The number of benzene rings is 1. The van der Waals surface area contributed by atoms with E-state index in [4.69, 9.17) is 16.3 Å². The van der Waals surface area contributed by atoms with E-state index in [2.05, 4.69) is 20.7 Å². The molecule has 0 saturated carbocycles. The number of hydrogen-bond donors (Lipinski definition) is 2. The van der Waals surface area contributed by atoms with Gasteiger partial charge < -0.3 is 15.4 Å². The van der Waals surface area contributed by atoms with Crippen molar-refractivity contribution in [3.63, 3.8) is 0 Å². The van der Waals surface area contributed by atoms with Gasteiger partial charge in [0, 0.05) is 18.3 Å². The zero-order chi connectivity index (χ0) is 20.5. The van der Waals surface area contributed by atoms with Crippen molar-refractivity contribution in [3.05, 3.63) is 52.9 Å². The average Bonchev–Trinajstić information content (AvgIpc) is 3.08. The van der Waals surface area contributed by atoms with E-state index >= 15 is 0 Å². The summed E-state index contributed by atoms with van der Waals surface area (Å²) in [7, 11) is 1.48. The van der Waals surface area contributed by atoms with Crippen LogP contribution in [-0.2, 0) is 6.54 Å². The zero-order valence-electron chi connectivity index (χ0n) is 15.2. The Bertz CT molecular complexity index is 1090. The molecule has 0 atom stereocenters. The summed E-state index contributed by atoms with van der Waals surface area (Å²) >= 11 is 6.20. The summed E-state index contributed by atoms with van der Waals surface area (Å²) in [4.78, 5) is 16.2. The predicted molar refractivity (Wildman–Crippen MR) is 104 cm³/mol. The molecule has 1 aliphatic rings. The highest BCUT2D eigenvalue weighted by Gasteiger charge is 2.28. The molecule has 0 fully saturated rings. The topological polar surface area (TPSA) is 81.1 Å². The van der Waals surface area contributed by atoms with Crippen LogP contribution in [0.1, 0.15) is 22.6 Å². The Hall–Kier alpha value is -3.20. The van der Waals surface area contributed by atoms with Crippen molar-refractivity contribution >= 4 is 28.9 Å². The SMILES string of the molecule is COc1c(Cl)cccc1Nc1c(-c2ccnc(C(F)F)c2)nn2c1C(=O)NCC2. The second-order valence-corrected chi connectivity index (χ2v) is 6.67. The Morgan fingerprint density at radius 2 is 2.17 bits per heavy atom. The van der Waals surface area contributed by atoms with Gasteiger partial charge in [-0.25, -0.2) is 8.78 Å². The van der Waals surface area contributed by atoms with Gasteiger partial charge in [-0.15, -0.1) is 0 Å². The Balaban J connectivity index is 1.89. The van der Waals surface area contributed by atoms with E-state index in [0.29, 0.717) is 52.2 Å². The number of methoxy groups -OCH3 is 1. The lowest BCUT2D eigenvalue weighted by molar-refractivity contribution is 0.0925. The number of nitrogens with zero attached hydrogens (tertiary/aromatic N) is 3. The van der Waals surface area contributed by atoms with Crippen molar-refractivity contribution in [2.75, 3.05) is 19.0 Å². The number of carbonyl (C=O) groups is 1. The number of carbonyl (C=O) groups excluding carboxylic acids is 1.